The number of rotatable bonds is 7. The van der Waals surface area contributed by atoms with E-state index in [1.165, 1.54) is 0 Å². The lowest BCUT2D eigenvalue weighted by atomic mass is 10.0. The Morgan fingerprint density at radius 2 is 2.00 bits per heavy atom. The van der Waals surface area contributed by atoms with Gasteiger partial charge < -0.3 is 9.74 Å². The van der Waals surface area contributed by atoms with Crippen molar-refractivity contribution in [2.24, 2.45) is 12.0 Å². The molecule has 6 rings (SSSR count). The Morgan fingerprint density at radius 1 is 1.26 bits per heavy atom. The average Bonchev–Trinajstić information content (AvgIpc) is 3.77. The molecule has 0 saturated heterocycles. The van der Waals surface area contributed by atoms with E-state index in [0.717, 1.165) is 24.0 Å². The standard InChI is InChI=1S/C24H26N6O4S/c1-29-21-18(8-11-30(23(21)31)14-24(9-10-24)35(32,33)17-6-7-17)20(27-29)22-26-19(28-34-22)12-15-2-4-16(13-25)5-3-15/h2-5,17,19,28H,6-12,14H2,1H3. The molecule has 1 atom stereocenters. The van der Waals surface area contributed by atoms with Crippen LogP contribution in [0, 0.1) is 11.3 Å². The summed E-state index contributed by atoms with van der Waals surface area (Å²) in [5.41, 5.74) is 6.31. The van der Waals surface area contributed by atoms with Gasteiger partial charge in [0, 0.05) is 32.1 Å². The Balaban J connectivity index is 1.20. The number of nitrogens with zero attached hydrogens (tertiary/aromatic N) is 5. The van der Waals surface area contributed by atoms with Gasteiger partial charge in [-0.1, -0.05) is 12.1 Å². The lowest BCUT2D eigenvalue weighted by Crippen LogP contribution is -2.46. The minimum Gasteiger partial charge on any atom is -0.384 e. The van der Waals surface area contributed by atoms with Crippen molar-refractivity contribution in [3.05, 3.63) is 52.3 Å². The van der Waals surface area contributed by atoms with Crippen molar-refractivity contribution < 1.29 is 18.0 Å². The minimum atomic E-state index is -3.19. The third-order valence-corrected chi connectivity index (χ3v) is 10.5. The average molecular weight is 495 g/mol. The summed E-state index contributed by atoms with van der Waals surface area (Å²) >= 11 is 0. The number of fused-ring (bicyclic) bond motifs is 1. The molecule has 0 bridgehead atoms. The largest absolute Gasteiger partial charge is 0.384 e. The van der Waals surface area contributed by atoms with E-state index in [-0.39, 0.29) is 23.9 Å². The number of hydrogen-bond acceptors (Lipinski definition) is 8. The van der Waals surface area contributed by atoms with Gasteiger partial charge in [-0.05, 0) is 49.8 Å². The monoisotopic (exact) mass is 494 g/mol. The van der Waals surface area contributed by atoms with Crippen molar-refractivity contribution in [1.29, 1.82) is 5.26 Å². The van der Waals surface area contributed by atoms with Crippen molar-refractivity contribution >= 4 is 21.6 Å². The zero-order valence-corrected chi connectivity index (χ0v) is 20.2. The van der Waals surface area contributed by atoms with Gasteiger partial charge >= 0.3 is 0 Å². The molecule has 1 amide bonds. The van der Waals surface area contributed by atoms with Crippen molar-refractivity contribution in [3.63, 3.8) is 0 Å². The van der Waals surface area contributed by atoms with Crippen LogP contribution in [0.2, 0.25) is 0 Å². The van der Waals surface area contributed by atoms with Crippen LogP contribution < -0.4 is 5.48 Å². The fraction of sp³-hybridized carbons (Fsp3) is 0.500. The predicted octanol–water partition coefficient (Wildman–Crippen LogP) is 1.25. The van der Waals surface area contributed by atoms with Gasteiger partial charge in [-0.25, -0.2) is 13.4 Å². The maximum absolute atomic E-state index is 13.4. The van der Waals surface area contributed by atoms with Crippen molar-refractivity contribution in [2.45, 2.75) is 54.7 Å². The van der Waals surface area contributed by atoms with E-state index < -0.39 is 14.6 Å². The van der Waals surface area contributed by atoms with Crippen LogP contribution in [0.4, 0.5) is 0 Å². The van der Waals surface area contributed by atoms with E-state index >= 15 is 0 Å². The highest BCUT2D eigenvalue weighted by molar-refractivity contribution is 7.94. The molecule has 10 nitrogen and oxygen atoms in total. The number of nitrogens with one attached hydrogen (secondary N) is 1. The maximum Gasteiger partial charge on any atom is 0.272 e. The summed E-state index contributed by atoms with van der Waals surface area (Å²) in [7, 11) is -1.47. The van der Waals surface area contributed by atoms with E-state index in [0.29, 0.717) is 55.1 Å². The van der Waals surface area contributed by atoms with E-state index in [1.54, 1.807) is 28.8 Å². The maximum atomic E-state index is 13.4. The van der Waals surface area contributed by atoms with Crippen molar-refractivity contribution in [2.75, 3.05) is 13.1 Å². The van der Waals surface area contributed by atoms with Gasteiger partial charge in [-0.15, -0.1) is 5.48 Å². The molecule has 0 radical (unpaired) electrons. The van der Waals surface area contributed by atoms with Gasteiger partial charge in [0.2, 0.25) is 0 Å². The van der Waals surface area contributed by atoms with Crippen LogP contribution in [0.25, 0.3) is 0 Å². The predicted molar refractivity (Wildman–Crippen MR) is 126 cm³/mol. The van der Waals surface area contributed by atoms with Crippen LogP contribution in [-0.4, -0.2) is 64.2 Å². The summed E-state index contributed by atoms with van der Waals surface area (Å²) in [4.78, 5) is 25.4. The normalized spacial score (nSPS) is 22.9. The number of aliphatic imine (C=N–C) groups is 1. The molecule has 3 heterocycles. The first-order chi connectivity index (χ1) is 16.8. The highest BCUT2D eigenvalue weighted by Gasteiger charge is 2.60. The number of nitriles is 1. The van der Waals surface area contributed by atoms with Crippen LogP contribution in [0.1, 0.15) is 58.6 Å². The molecule has 2 fully saturated rings. The molecule has 1 unspecified atom stereocenters. The van der Waals surface area contributed by atoms with Crippen LogP contribution >= 0.6 is 0 Å². The lowest BCUT2D eigenvalue weighted by Gasteiger charge is -2.31. The number of hydrogen-bond donors (Lipinski definition) is 1. The summed E-state index contributed by atoms with van der Waals surface area (Å²) in [5, 5.41) is 13.3. The molecule has 182 valence electrons. The quantitative estimate of drug-likeness (QED) is 0.613. The second kappa shape index (κ2) is 7.90. The molecule has 2 saturated carbocycles. The number of carbonyl (C=O) groups excluding carboxylic acids is 1. The lowest BCUT2D eigenvalue weighted by molar-refractivity contribution is 0.0724. The van der Waals surface area contributed by atoms with E-state index in [2.05, 4.69) is 21.6 Å². The smallest absolute Gasteiger partial charge is 0.272 e. The van der Waals surface area contributed by atoms with Crippen LogP contribution in [0.3, 0.4) is 0 Å². The first kappa shape index (κ1) is 22.2. The topological polar surface area (TPSA) is 130 Å². The van der Waals surface area contributed by atoms with Gasteiger partial charge in [-0.2, -0.15) is 10.4 Å². The first-order valence-electron chi connectivity index (χ1n) is 11.9. The van der Waals surface area contributed by atoms with Gasteiger partial charge in [0.05, 0.1) is 21.6 Å². The molecule has 2 aliphatic carbocycles. The molecule has 2 aromatic rings. The van der Waals surface area contributed by atoms with Crippen LogP contribution in [-0.2, 0) is 34.6 Å². The number of aryl methyl sites for hydroxylation is 1. The summed E-state index contributed by atoms with van der Waals surface area (Å²) in [6, 6.07) is 9.42. The van der Waals surface area contributed by atoms with E-state index in [1.807, 2.05) is 12.1 Å². The summed E-state index contributed by atoms with van der Waals surface area (Å²) in [5.74, 6) is 0.155. The molecule has 2 aliphatic heterocycles. The van der Waals surface area contributed by atoms with Crippen molar-refractivity contribution in [1.82, 2.24) is 20.2 Å². The Hall–Kier alpha value is -3.23. The number of benzene rings is 1. The molecule has 4 aliphatic rings. The molecule has 1 N–H and O–H groups in total. The highest BCUT2D eigenvalue weighted by atomic mass is 32.2. The number of sulfone groups is 1. The number of amides is 1. The van der Waals surface area contributed by atoms with Gasteiger partial charge in [0.15, 0.2) is 15.5 Å². The van der Waals surface area contributed by atoms with Crippen LogP contribution in [0.5, 0.6) is 0 Å². The number of carbonyl (C=O) groups is 1. The Labute approximate surface area is 203 Å². The highest BCUT2D eigenvalue weighted by Crippen LogP contribution is 2.50. The van der Waals surface area contributed by atoms with E-state index in [4.69, 9.17) is 10.1 Å². The molecule has 0 spiro atoms. The zero-order valence-electron chi connectivity index (χ0n) is 19.4. The number of hydroxylamine groups is 1. The van der Waals surface area contributed by atoms with Gasteiger partial charge in [0.25, 0.3) is 11.8 Å². The summed E-state index contributed by atoms with van der Waals surface area (Å²) in [6.45, 7) is 0.706. The Kier molecular flexibility index (Phi) is 5.02. The second-order valence-corrected chi connectivity index (χ2v) is 12.5. The third-order valence-electron chi connectivity index (χ3n) is 7.40. The van der Waals surface area contributed by atoms with Gasteiger partial charge in [0.1, 0.15) is 11.9 Å². The number of aromatic nitrogens is 2. The fourth-order valence-corrected chi connectivity index (χ4v) is 7.57. The van der Waals surface area contributed by atoms with E-state index in [9.17, 15) is 13.2 Å². The third kappa shape index (κ3) is 3.72. The molecule has 1 aromatic carbocycles. The second-order valence-electron chi connectivity index (χ2n) is 9.89. The molecule has 35 heavy (non-hydrogen) atoms. The Bertz CT molecular complexity index is 1380. The van der Waals surface area contributed by atoms with Crippen LogP contribution in [0.15, 0.2) is 29.3 Å². The summed E-state index contributed by atoms with van der Waals surface area (Å²) < 4.78 is 26.7. The first-order valence-corrected chi connectivity index (χ1v) is 13.4. The molecule has 11 heteroatoms. The summed E-state index contributed by atoms with van der Waals surface area (Å²) in [6.07, 6.45) is 3.59. The fourth-order valence-electron chi connectivity index (χ4n) is 5.10. The SMILES string of the molecule is Cn1nc(C2=NC(Cc3ccc(C#N)cc3)NO2)c2c1C(=O)N(CC1(S(=O)(=O)C3CC3)CC1)CC2. The zero-order chi connectivity index (χ0) is 24.4. The van der Waals surface area contributed by atoms with Crippen molar-refractivity contribution in [3.8, 4) is 6.07 Å². The molecule has 1 aromatic heterocycles. The molecular formula is C24H26N6O4S. The minimum absolute atomic E-state index is 0.189. The Morgan fingerprint density at radius 3 is 2.66 bits per heavy atom. The van der Waals surface area contributed by atoms with Gasteiger partial charge in [-0.3, -0.25) is 9.48 Å². The molecular weight excluding hydrogens is 468 g/mol.